The van der Waals surface area contributed by atoms with E-state index in [-0.39, 0.29) is 24.0 Å². The first-order valence-electron chi connectivity index (χ1n) is 7.76. The Kier molecular flexibility index (Phi) is 13.3. The maximum Gasteiger partial charge on any atom is 0.191 e. The highest BCUT2D eigenvalue weighted by Crippen LogP contribution is 1.99. The van der Waals surface area contributed by atoms with Gasteiger partial charge in [0.2, 0.25) is 0 Å². The number of rotatable bonds is 10. The number of nitrogens with one attached hydrogen (secondary N) is 2. The molecule has 0 aliphatic heterocycles. The van der Waals surface area contributed by atoms with Crippen LogP contribution in [0.3, 0.4) is 0 Å². The molecule has 6 nitrogen and oxygen atoms in total. The number of aliphatic imine (C=N–C) groups is 1. The minimum atomic E-state index is 0. The molecule has 1 aromatic rings. The van der Waals surface area contributed by atoms with Gasteiger partial charge in [-0.1, -0.05) is 0 Å². The summed E-state index contributed by atoms with van der Waals surface area (Å²) in [5.41, 5.74) is 0. The number of methoxy groups -OCH3 is 1. The van der Waals surface area contributed by atoms with Crippen molar-refractivity contribution in [3.63, 3.8) is 0 Å². The van der Waals surface area contributed by atoms with Crippen LogP contribution in [0.1, 0.15) is 32.0 Å². The number of unbranched alkanes of at least 4 members (excludes halogenated alkanes) is 1. The summed E-state index contributed by atoms with van der Waals surface area (Å²) in [7, 11) is 1.72. The van der Waals surface area contributed by atoms with Gasteiger partial charge in [0, 0.05) is 52.3 Å². The van der Waals surface area contributed by atoms with E-state index in [4.69, 9.17) is 4.74 Å². The van der Waals surface area contributed by atoms with E-state index in [1.165, 1.54) is 0 Å². The van der Waals surface area contributed by atoms with Gasteiger partial charge in [-0.2, -0.15) is 0 Å². The molecule has 0 fully saturated rings. The van der Waals surface area contributed by atoms with Crippen LogP contribution in [-0.4, -0.2) is 48.9 Å². The number of halogens is 1. The third kappa shape index (κ3) is 9.24. The lowest BCUT2D eigenvalue weighted by molar-refractivity contribution is 0.197. The average Bonchev–Trinajstić information content (AvgIpc) is 2.88. The van der Waals surface area contributed by atoms with Crippen LogP contribution in [0.2, 0.25) is 0 Å². The highest BCUT2D eigenvalue weighted by Gasteiger charge is 1.98. The van der Waals surface area contributed by atoms with E-state index in [1.54, 1.807) is 7.11 Å². The van der Waals surface area contributed by atoms with Gasteiger partial charge in [-0.3, -0.25) is 4.99 Å². The van der Waals surface area contributed by atoms with Gasteiger partial charge in [0.25, 0.3) is 0 Å². The Hall–Kier alpha value is -0.830. The number of nitrogens with zero attached hydrogens (tertiary/aromatic N) is 3. The SMILES string of the molecule is CCNC(=NCCCOC)NCCCCn1ccnc1C.I. The third-order valence-electron chi connectivity index (χ3n) is 3.16. The van der Waals surface area contributed by atoms with Crippen molar-refractivity contribution >= 4 is 29.9 Å². The molecule has 0 unspecified atom stereocenters. The normalized spacial score (nSPS) is 11.1. The highest BCUT2D eigenvalue weighted by molar-refractivity contribution is 14.0. The molecule has 0 bridgehead atoms. The van der Waals surface area contributed by atoms with Gasteiger partial charge in [0.15, 0.2) is 5.96 Å². The smallest absolute Gasteiger partial charge is 0.191 e. The van der Waals surface area contributed by atoms with Gasteiger partial charge in [0.1, 0.15) is 5.82 Å². The molecule has 1 rings (SSSR count). The molecule has 1 heterocycles. The quantitative estimate of drug-likeness (QED) is 0.262. The van der Waals surface area contributed by atoms with Gasteiger partial charge >= 0.3 is 0 Å². The number of hydrogen-bond donors (Lipinski definition) is 2. The molecule has 0 saturated carbocycles. The summed E-state index contributed by atoms with van der Waals surface area (Å²) in [6, 6.07) is 0. The van der Waals surface area contributed by atoms with Crippen molar-refractivity contribution in [3.05, 3.63) is 18.2 Å². The fourth-order valence-electron chi connectivity index (χ4n) is 2.00. The van der Waals surface area contributed by atoms with Crippen molar-refractivity contribution in [2.75, 3.05) is 33.4 Å². The summed E-state index contributed by atoms with van der Waals surface area (Å²) in [4.78, 5) is 8.74. The number of aryl methyl sites for hydroxylation is 2. The molecule has 0 aliphatic carbocycles. The molecule has 0 spiro atoms. The van der Waals surface area contributed by atoms with Crippen LogP contribution in [0.25, 0.3) is 0 Å². The van der Waals surface area contributed by atoms with Crippen molar-refractivity contribution in [3.8, 4) is 0 Å². The van der Waals surface area contributed by atoms with Crippen LogP contribution >= 0.6 is 24.0 Å². The number of imidazole rings is 1. The molecule has 7 heteroatoms. The lowest BCUT2D eigenvalue weighted by atomic mass is 10.3. The summed E-state index contributed by atoms with van der Waals surface area (Å²) < 4.78 is 7.21. The summed E-state index contributed by atoms with van der Waals surface area (Å²) in [6.07, 6.45) is 7.08. The monoisotopic (exact) mass is 423 g/mol. The lowest BCUT2D eigenvalue weighted by Gasteiger charge is -2.11. The summed E-state index contributed by atoms with van der Waals surface area (Å²) in [6.45, 7) is 8.50. The third-order valence-corrected chi connectivity index (χ3v) is 3.16. The molecular weight excluding hydrogens is 393 g/mol. The van der Waals surface area contributed by atoms with Crippen molar-refractivity contribution in [2.24, 2.45) is 4.99 Å². The standard InChI is InChI=1S/C15H29N5O.HI/c1-4-16-15(19-9-7-13-21-3)18-8-5-6-11-20-12-10-17-14(20)2;/h10,12H,4-9,11,13H2,1-3H3,(H2,16,18,19);1H. The topological polar surface area (TPSA) is 63.5 Å². The van der Waals surface area contributed by atoms with Crippen molar-refractivity contribution < 1.29 is 4.74 Å². The molecule has 0 radical (unpaired) electrons. The molecule has 2 N–H and O–H groups in total. The zero-order chi connectivity index (χ0) is 15.3. The molecule has 22 heavy (non-hydrogen) atoms. The number of ether oxygens (including phenoxy) is 1. The Morgan fingerprint density at radius 2 is 2.14 bits per heavy atom. The second-order valence-electron chi connectivity index (χ2n) is 4.91. The molecule has 0 atom stereocenters. The zero-order valence-corrected chi connectivity index (χ0v) is 16.3. The van der Waals surface area contributed by atoms with Crippen molar-refractivity contribution in [2.45, 2.75) is 39.7 Å². The Bertz CT molecular complexity index is 408. The summed E-state index contributed by atoms with van der Waals surface area (Å²) in [5, 5.41) is 6.62. The average molecular weight is 423 g/mol. The van der Waals surface area contributed by atoms with E-state index in [9.17, 15) is 0 Å². The highest BCUT2D eigenvalue weighted by atomic mass is 127. The van der Waals surface area contributed by atoms with E-state index in [2.05, 4.69) is 32.1 Å². The van der Waals surface area contributed by atoms with E-state index < -0.39 is 0 Å². The largest absolute Gasteiger partial charge is 0.385 e. The fourth-order valence-corrected chi connectivity index (χ4v) is 2.00. The van der Waals surface area contributed by atoms with E-state index in [0.717, 1.165) is 63.8 Å². The predicted octanol–water partition coefficient (Wildman–Crippen LogP) is 2.18. The second kappa shape index (κ2) is 13.8. The molecule has 0 amide bonds. The number of aromatic nitrogens is 2. The minimum absolute atomic E-state index is 0. The Morgan fingerprint density at radius 3 is 2.77 bits per heavy atom. The minimum Gasteiger partial charge on any atom is -0.385 e. The molecular formula is C15H30IN5O. The van der Waals surface area contributed by atoms with Crippen LogP contribution in [0, 0.1) is 6.92 Å². The second-order valence-corrected chi connectivity index (χ2v) is 4.91. The zero-order valence-electron chi connectivity index (χ0n) is 14.0. The Morgan fingerprint density at radius 1 is 1.32 bits per heavy atom. The van der Waals surface area contributed by atoms with Crippen LogP contribution in [-0.2, 0) is 11.3 Å². The summed E-state index contributed by atoms with van der Waals surface area (Å²) in [5.74, 6) is 1.98. The molecule has 1 aromatic heterocycles. The van der Waals surface area contributed by atoms with Gasteiger partial charge in [0.05, 0.1) is 0 Å². The van der Waals surface area contributed by atoms with Crippen LogP contribution in [0.4, 0.5) is 0 Å². The molecule has 0 aliphatic rings. The van der Waals surface area contributed by atoms with Crippen molar-refractivity contribution in [1.29, 1.82) is 0 Å². The molecule has 128 valence electrons. The predicted molar refractivity (Wildman–Crippen MR) is 102 cm³/mol. The van der Waals surface area contributed by atoms with Gasteiger partial charge in [-0.15, -0.1) is 24.0 Å². The Labute approximate surface area is 151 Å². The molecule has 0 aromatic carbocycles. The van der Waals surface area contributed by atoms with E-state index in [0.29, 0.717) is 0 Å². The summed E-state index contributed by atoms with van der Waals surface area (Å²) >= 11 is 0. The lowest BCUT2D eigenvalue weighted by Crippen LogP contribution is -2.38. The molecule has 0 saturated heterocycles. The Balaban J connectivity index is 0.00000441. The maximum atomic E-state index is 5.02. The first-order valence-corrected chi connectivity index (χ1v) is 7.76. The van der Waals surface area contributed by atoms with Gasteiger partial charge in [-0.25, -0.2) is 4.98 Å². The number of hydrogen-bond acceptors (Lipinski definition) is 3. The first kappa shape index (κ1) is 21.2. The van der Waals surface area contributed by atoms with Crippen LogP contribution in [0.5, 0.6) is 0 Å². The van der Waals surface area contributed by atoms with Crippen LogP contribution < -0.4 is 10.6 Å². The first-order chi connectivity index (χ1) is 10.3. The van der Waals surface area contributed by atoms with Crippen molar-refractivity contribution in [1.82, 2.24) is 20.2 Å². The van der Waals surface area contributed by atoms with E-state index in [1.807, 2.05) is 19.3 Å². The van der Waals surface area contributed by atoms with Gasteiger partial charge in [-0.05, 0) is 33.1 Å². The number of guanidine groups is 1. The van der Waals surface area contributed by atoms with E-state index >= 15 is 0 Å². The van der Waals surface area contributed by atoms with Gasteiger partial charge < -0.3 is 19.9 Å². The van der Waals surface area contributed by atoms with Crippen LogP contribution in [0.15, 0.2) is 17.4 Å². The fraction of sp³-hybridized carbons (Fsp3) is 0.733. The maximum absolute atomic E-state index is 5.02.